The van der Waals surface area contributed by atoms with Crippen LogP contribution in [0.1, 0.15) is 43.0 Å². The zero-order chi connectivity index (χ0) is 10.0. The maximum Gasteiger partial charge on any atom is -0.0420 e. The highest BCUT2D eigenvalue weighted by atomic mass is 14.1. The molecule has 13 heavy (non-hydrogen) atoms. The van der Waals surface area contributed by atoms with E-state index in [-0.39, 0.29) is 0 Å². The molecule has 0 nitrogen and oxygen atoms in total. The Bertz CT molecular complexity index is 295. The van der Waals surface area contributed by atoms with E-state index >= 15 is 0 Å². The van der Waals surface area contributed by atoms with Gasteiger partial charge in [-0.25, -0.2) is 0 Å². The Morgan fingerprint density at radius 2 is 1.77 bits per heavy atom. The van der Waals surface area contributed by atoms with Crippen LogP contribution in [0.5, 0.6) is 0 Å². The number of hydrogen-bond donors (Lipinski definition) is 0. The summed E-state index contributed by atoms with van der Waals surface area (Å²) >= 11 is 0. The molecule has 1 rings (SSSR count). The molecule has 0 fully saturated rings. The minimum atomic E-state index is 1.13. The Morgan fingerprint density at radius 3 is 2.23 bits per heavy atom. The molecule has 0 saturated carbocycles. The zero-order valence-electron chi connectivity index (χ0n) is 9.36. The fraction of sp³-hybridized carbons (Fsp3) is 0.462. The fourth-order valence-electron chi connectivity index (χ4n) is 2.04. The second kappa shape index (κ2) is 3.87. The number of hydrogen-bond acceptors (Lipinski definition) is 0. The average molecular weight is 175 g/mol. The highest BCUT2D eigenvalue weighted by Crippen LogP contribution is 2.25. The molecule has 0 aliphatic rings. The van der Waals surface area contributed by atoms with Crippen molar-refractivity contribution in [2.45, 2.75) is 41.0 Å². The van der Waals surface area contributed by atoms with Crippen molar-refractivity contribution in [3.05, 3.63) is 40.3 Å². The van der Waals surface area contributed by atoms with Gasteiger partial charge in [-0.1, -0.05) is 40.7 Å². The first-order valence-corrected chi connectivity index (χ1v) is 4.97. The van der Waals surface area contributed by atoms with Crippen LogP contribution in [0.15, 0.2) is 12.1 Å². The standard InChI is InChI=1S/C13H19/c1-6-12-8-7-10(4)13(9(2)3)11(12)5/h7-8H,6H2,1-5H3/q-1. The third kappa shape index (κ3) is 1.88. The Labute approximate surface area is 82.0 Å². The van der Waals surface area contributed by atoms with Crippen LogP contribution in [-0.4, -0.2) is 0 Å². The van der Waals surface area contributed by atoms with Gasteiger partial charge in [0, 0.05) is 0 Å². The van der Waals surface area contributed by atoms with E-state index in [9.17, 15) is 0 Å². The Kier molecular flexibility index (Phi) is 3.02. The van der Waals surface area contributed by atoms with Crippen molar-refractivity contribution in [2.75, 3.05) is 0 Å². The topological polar surface area (TPSA) is 0 Å². The van der Waals surface area contributed by atoms with Gasteiger partial charge in [0.25, 0.3) is 0 Å². The van der Waals surface area contributed by atoms with Crippen LogP contribution in [-0.2, 0) is 6.42 Å². The summed E-state index contributed by atoms with van der Waals surface area (Å²) in [4.78, 5) is 0. The molecule has 0 atom stereocenters. The Morgan fingerprint density at radius 1 is 1.15 bits per heavy atom. The van der Waals surface area contributed by atoms with E-state index in [1.54, 1.807) is 0 Å². The summed E-state index contributed by atoms with van der Waals surface area (Å²) in [5.74, 6) is 1.42. The molecule has 72 valence electrons. The van der Waals surface area contributed by atoms with Gasteiger partial charge in [0.15, 0.2) is 0 Å². The third-order valence-electron chi connectivity index (χ3n) is 2.67. The second-order valence-electron chi connectivity index (χ2n) is 3.90. The molecular formula is C13H19-. The number of rotatable bonds is 2. The summed E-state index contributed by atoms with van der Waals surface area (Å²) in [5, 5.41) is 0. The molecule has 0 unspecified atom stereocenters. The van der Waals surface area contributed by atoms with Crippen LogP contribution in [0.3, 0.4) is 0 Å². The van der Waals surface area contributed by atoms with E-state index < -0.39 is 0 Å². The van der Waals surface area contributed by atoms with Crippen molar-refractivity contribution >= 4 is 0 Å². The van der Waals surface area contributed by atoms with Gasteiger partial charge in [0.1, 0.15) is 0 Å². The van der Waals surface area contributed by atoms with E-state index in [0.29, 0.717) is 0 Å². The van der Waals surface area contributed by atoms with Crippen LogP contribution in [0.2, 0.25) is 0 Å². The largest absolute Gasteiger partial charge is 0.183 e. The van der Waals surface area contributed by atoms with Gasteiger partial charge in [-0.05, 0) is 6.42 Å². The van der Waals surface area contributed by atoms with Crippen LogP contribution in [0, 0.1) is 19.8 Å². The molecule has 0 aromatic heterocycles. The van der Waals surface area contributed by atoms with Gasteiger partial charge in [0.05, 0.1) is 0 Å². The smallest absolute Gasteiger partial charge is 0.0420 e. The third-order valence-corrected chi connectivity index (χ3v) is 2.67. The molecule has 0 radical (unpaired) electrons. The van der Waals surface area contributed by atoms with Gasteiger partial charge in [-0.3, -0.25) is 0 Å². The second-order valence-corrected chi connectivity index (χ2v) is 3.90. The van der Waals surface area contributed by atoms with Gasteiger partial charge >= 0.3 is 0 Å². The summed E-state index contributed by atoms with van der Waals surface area (Å²) in [5.41, 5.74) is 5.79. The molecule has 0 heterocycles. The van der Waals surface area contributed by atoms with Gasteiger partial charge in [-0.15, -0.1) is 17.2 Å². The normalized spacial score (nSPS) is 10.2. The van der Waals surface area contributed by atoms with Crippen molar-refractivity contribution < 1.29 is 0 Å². The predicted molar refractivity (Wildman–Crippen MR) is 59.0 cm³/mol. The summed E-state index contributed by atoms with van der Waals surface area (Å²) in [6.07, 6.45) is 1.13. The minimum absolute atomic E-state index is 1.13. The van der Waals surface area contributed by atoms with Gasteiger partial charge < -0.3 is 0 Å². The molecular weight excluding hydrogens is 156 g/mol. The summed E-state index contributed by atoms with van der Waals surface area (Å²) in [6, 6.07) is 4.48. The first-order chi connectivity index (χ1) is 6.07. The highest BCUT2D eigenvalue weighted by molar-refractivity contribution is 5.46. The molecule has 0 saturated heterocycles. The molecule has 1 aromatic rings. The quantitative estimate of drug-likeness (QED) is 0.599. The van der Waals surface area contributed by atoms with Crippen LogP contribution >= 0.6 is 0 Å². The summed E-state index contributed by atoms with van der Waals surface area (Å²) in [6.45, 7) is 11.0. The molecule has 0 heteroatoms. The Balaban J connectivity index is 3.30. The molecule has 0 N–H and O–H groups in total. The molecule has 0 aliphatic carbocycles. The predicted octanol–water partition coefficient (Wildman–Crippen LogP) is 3.83. The van der Waals surface area contributed by atoms with E-state index in [2.05, 4.69) is 46.8 Å². The fourth-order valence-corrected chi connectivity index (χ4v) is 2.04. The molecule has 0 spiro atoms. The van der Waals surface area contributed by atoms with E-state index in [0.717, 1.165) is 6.42 Å². The van der Waals surface area contributed by atoms with Gasteiger partial charge in [0.2, 0.25) is 0 Å². The van der Waals surface area contributed by atoms with Crippen molar-refractivity contribution in [2.24, 2.45) is 0 Å². The van der Waals surface area contributed by atoms with E-state index in [4.69, 9.17) is 0 Å². The SMILES string of the molecule is CCc1ccc(C)c([C-](C)C)c1C. The lowest BCUT2D eigenvalue weighted by Gasteiger charge is -2.26. The van der Waals surface area contributed by atoms with Crippen molar-refractivity contribution in [3.63, 3.8) is 0 Å². The van der Waals surface area contributed by atoms with Crippen molar-refractivity contribution in [3.8, 4) is 0 Å². The summed E-state index contributed by atoms with van der Waals surface area (Å²) < 4.78 is 0. The van der Waals surface area contributed by atoms with Crippen molar-refractivity contribution in [1.29, 1.82) is 0 Å². The number of aryl methyl sites for hydroxylation is 2. The zero-order valence-corrected chi connectivity index (χ0v) is 9.36. The van der Waals surface area contributed by atoms with Crippen molar-refractivity contribution in [1.82, 2.24) is 0 Å². The van der Waals surface area contributed by atoms with Crippen LogP contribution in [0.4, 0.5) is 0 Å². The molecule has 1 aromatic carbocycles. The lowest BCUT2D eigenvalue weighted by atomic mass is 9.89. The molecule has 0 amide bonds. The summed E-state index contributed by atoms with van der Waals surface area (Å²) in [7, 11) is 0. The molecule has 0 bridgehead atoms. The van der Waals surface area contributed by atoms with Crippen LogP contribution in [0.25, 0.3) is 0 Å². The maximum absolute atomic E-state index is 2.25. The van der Waals surface area contributed by atoms with Crippen LogP contribution < -0.4 is 0 Å². The first-order valence-electron chi connectivity index (χ1n) is 4.97. The maximum atomic E-state index is 2.25. The Hall–Kier alpha value is -0.910. The highest BCUT2D eigenvalue weighted by Gasteiger charge is 1.99. The van der Waals surface area contributed by atoms with E-state index in [1.165, 1.54) is 28.2 Å². The minimum Gasteiger partial charge on any atom is -0.183 e. The lowest BCUT2D eigenvalue weighted by Crippen LogP contribution is -2.00. The number of benzene rings is 1. The average Bonchev–Trinajstić information content (AvgIpc) is 2.04. The monoisotopic (exact) mass is 175 g/mol. The molecule has 0 aliphatic heterocycles. The van der Waals surface area contributed by atoms with Gasteiger partial charge in [-0.2, -0.15) is 17.0 Å². The lowest BCUT2D eigenvalue weighted by molar-refractivity contribution is 1.04. The first kappa shape index (κ1) is 10.2. The van der Waals surface area contributed by atoms with E-state index in [1.807, 2.05) is 0 Å².